The van der Waals surface area contributed by atoms with E-state index in [1.54, 1.807) is 41.5 Å². The second kappa shape index (κ2) is 8.66. The van der Waals surface area contributed by atoms with Gasteiger partial charge in [0.1, 0.15) is 11.1 Å². The highest BCUT2D eigenvalue weighted by Crippen LogP contribution is 2.12. The number of hydrogen-bond acceptors (Lipinski definition) is 7. The van der Waals surface area contributed by atoms with Crippen molar-refractivity contribution in [1.29, 1.82) is 0 Å². The van der Waals surface area contributed by atoms with Crippen molar-refractivity contribution in [2.45, 2.75) is 59.1 Å². The standard InChI is InChI=1S/C15H30N2O6S/c1-8-22-12(18)15(5,6)16-10-9-11-24(20,21)17(7)13(19)23-14(2,3)4/h16H,8-11H2,1-7H3. The average molecular weight is 366 g/mol. The lowest BCUT2D eigenvalue weighted by atomic mass is 10.1. The van der Waals surface area contributed by atoms with Crippen LogP contribution in [0.2, 0.25) is 0 Å². The molecule has 0 aliphatic rings. The first-order valence-electron chi connectivity index (χ1n) is 7.85. The van der Waals surface area contributed by atoms with Gasteiger partial charge in [0.2, 0.25) is 10.0 Å². The molecule has 0 heterocycles. The molecule has 9 heteroatoms. The van der Waals surface area contributed by atoms with Gasteiger partial charge in [-0.3, -0.25) is 4.79 Å². The maximum absolute atomic E-state index is 12.1. The Morgan fingerprint density at radius 2 is 1.67 bits per heavy atom. The highest BCUT2D eigenvalue weighted by molar-refractivity contribution is 7.89. The summed E-state index contributed by atoms with van der Waals surface area (Å²) in [5.41, 5.74) is -1.68. The van der Waals surface area contributed by atoms with Gasteiger partial charge < -0.3 is 14.8 Å². The van der Waals surface area contributed by atoms with Gasteiger partial charge >= 0.3 is 12.1 Å². The SMILES string of the molecule is CCOC(=O)C(C)(C)NCCCS(=O)(=O)N(C)C(=O)OC(C)(C)C. The quantitative estimate of drug-likeness (QED) is 0.513. The number of carbonyl (C=O) groups excluding carboxylic acids is 2. The Balaban J connectivity index is 4.49. The number of amides is 1. The van der Waals surface area contributed by atoms with E-state index < -0.39 is 33.2 Å². The molecule has 0 atom stereocenters. The minimum Gasteiger partial charge on any atom is -0.465 e. The molecule has 0 aliphatic heterocycles. The van der Waals surface area contributed by atoms with Crippen molar-refractivity contribution in [3.05, 3.63) is 0 Å². The molecule has 0 aromatic heterocycles. The number of rotatable bonds is 8. The third-order valence-electron chi connectivity index (χ3n) is 3.00. The first kappa shape index (κ1) is 22.6. The molecule has 142 valence electrons. The summed E-state index contributed by atoms with van der Waals surface area (Å²) >= 11 is 0. The van der Waals surface area contributed by atoms with Crippen molar-refractivity contribution >= 4 is 22.1 Å². The van der Waals surface area contributed by atoms with Crippen molar-refractivity contribution in [3.63, 3.8) is 0 Å². The lowest BCUT2D eigenvalue weighted by molar-refractivity contribution is -0.149. The number of nitrogens with zero attached hydrogens (tertiary/aromatic N) is 1. The van der Waals surface area contributed by atoms with Gasteiger partial charge in [-0.2, -0.15) is 0 Å². The van der Waals surface area contributed by atoms with Crippen molar-refractivity contribution in [2.75, 3.05) is 26.0 Å². The smallest absolute Gasteiger partial charge is 0.423 e. The molecule has 0 rings (SSSR count). The van der Waals surface area contributed by atoms with E-state index in [0.717, 1.165) is 0 Å². The van der Waals surface area contributed by atoms with E-state index in [-0.39, 0.29) is 25.3 Å². The Morgan fingerprint density at radius 1 is 1.12 bits per heavy atom. The van der Waals surface area contributed by atoms with Gasteiger partial charge in [0, 0.05) is 7.05 Å². The van der Waals surface area contributed by atoms with Gasteiger partial charge in [0.15, 0.2) is 0 Å². The maximum atomic E-state index is 12.1. The Hall–Kier alpha value is -1.35. The molecule has 0 bridgehead atoms. The number of hydrogen-bond donors (Lipinski definition) is 1. The predicted octanol–water partition coefficient (Wildman–Crippen LogP) is 1.50. The molecular formula is C15H30N2O6S. The summed E-state index contributed by atoms with van der Waals surface area (Å²) in [6.07, 6.45) is -0.680. The van der Waals surface area contributed by atoms with E-state index in [9.17, 15) is 18.0 Å². The molecule has 1 amide bonds. The molecule has 1 N–H and O–H groups in total. The fraction of sp³-hybridized carbons (Fsp3) is 0.867. The van der Waals surface area contributed by atoms with E-state index in [1.807, 2.05) is 0 Å². The van der Waals surface area contributed by atoms with Crippen molar-refractivity contribution < 1.29 is 27.5 Å². The third-order valence-corrected chi connectivity index (χ3v) is 4.79. The van der Waals surface area contributed by atoms with Crippen LogP contribution in [0.25, 0.3) is 0 Å². The summed E-state index contributed by atoms with van der Waals surface area (Å²) in [5, 5.41) is 2.95. The summed E-state index contributed by atoms with van der Waals surface area (Å²) < 4.78 is 34.8. The topological polar surface area (TPSA) is 102 Å². The van der Waals surface area contributed by atoms with Crippen molar-refractivity contribution in [2.24, 2.45) is 0 Å². The molecule has 0 aromatic rings. The monoisotopic (exact) mass is 366 g/mol. The van der Waals surface area contributed by atoms with E-state index in [2.05, 4.69) is 5.32 Å². The van der Waals surface area contributed by atoms with Crippen LogP contribution in [0.15, 0.2) is 0 Å². The molecule has 0 saturated heterocycles. The molecule has 0 unspecified atom stereocenters. The van der Waals surface area contributed by atoms with E-state index in [0.29, 0.717) is 4.31 Å². The molecule has 8 nitrogen and oxygen atoms in total. The Bertz CT molecular complexity index is 537. The van der Waals surface area contributed by atoms with Crippen LogP contribution in [0.1, 0.15) is 48.0 Å². The summed E-state index contributed by atoms with van der Waals surface area (Å²) in [6.45, 7) is 10.6. The van der Waals surface area contributed by atoms with Crippen LogP contribution in [0.4, 0.5) is 4.79 Å². The fourth-order valence-electron chi connectivity index (χ4n) is 1.62. The van der Waals surface area contributed by atoms with Crippen LogP contribution in [0, 0.1) is 0 Å². The lowest BCUT2D eigenvalue weighted by Gasteiger charge is -2.25. The highest BCUT2D eigenvalue weighted by atomic mass is 32.2. The average Bonchev–Trinajstić information content (AvgIpc) is 2.41. The molecule has 0 aromatic carbocycles. The van der Waals surface area contributed by atoms with E-state index >= 15 is 0 Å². The zero-order chi connectivity index (χ0) is 19.2. The van der Waals surface area contributed by atoms with Crippen LogP contribution in [-0.2, 0) is 24.3 Å². The van der Waals surface area contributed by atoms with Crippen molar-refractivity contribution in [1.82, 2.24) is 9.62 Å². The Labute approximate surface area is 144 Å². The molecule has 0 spiro atoms. The van der Waals surface area contributed by atoms with Crippen LogP contribution in [-0.4, -0.2) is 61.9 Å². The Kier molecular flexibility index (Phi) is 8.17. The lowest BCUT2D eigenvalue weighted by Crippen LogP contribution is -2.48. The Morgan fingerprint density at radius 3 is 2.12 bits per heavy atom. The largest absolute Gasteiger partial charge is 0.465 e. The van der Waals surface area contributed by atoms with Gasteiger partial charge in [-0.25, -0.2) is 17.5 Å². The minimum atomic E-state index is -3.78. The van der Waals surface area contributed by atoms with Crippen LogP contribution >= 0.6 is 0 Å². The summed E-state index contributed by atoms with van der Waals surface area (Å²) in [7, 11) is -2.61. The third kappa shape index (κ3) is 7.96. The molecule has 24 heavy (non-hydrogen) atoms. The van der Waals surface area contributed by atoms with Crippen LogP contribution in [0.5, 0.6) is 0 Å². The fourth-order valence-corrected chi connectivity index (χ4v) is 2.66. The number of nitrogens with one attached hydrogen (secondary N) is 1. The second-order valence-electron chi connectivity index (χ2n) is 6.89. The zero-order valence-corrected chi connectivity index (χ0v) is 16.4. The summed E-state index contributed by atoms with van der Waals surface area (Å²) in [4.78, 5) is 23.5. The van der Waals surface area contributed by atoms with Gasteiger partial charge in [-0.05, 0) is 54.5 Å². The molecular weight excluding hydrogens is 336 g/mol. The molecule has 0 radical (unpaired) electrons. The van der Waals surface area contributed by atoms with Crippen molar-refractivity contribution in [3.8, 4) is 0 Å². The molecule has 0 fully saturated rings. The minimum absolute atomic E-state index is 0.234. The predicted molar refractivity (Wildman–Crippen MR) is 91.1 cm³/mol. The first-order valence-corrected chi connectivity index (χ1v) is 9.45. The van der Waals surface area contributed by atoms with Crippen LogP contribution < -0.4 is 5.32 Å². The summed E-state index contributed by atoms with van der Waals surface area (Å²) in [6, 6.07) is 0. The number of esters is 1. The van der Waals surface area contributed by atoms with Gasteiger partial charge in [0.05, 0.1) is 12.4 Å². The normalized spacial score (nSPS) is 12.6. The number of carbonyl (C=O) groups is 2. The van der Waals surface area contributed by atoms with Gasteiger partial charge in [-0.15, -0.1) is 0 Å². The number of sulfonamides is 1. The maximum Gasteiger partial charge on any atom is 0.423 e. The molecule has 0 aliphatic carbocycles. The highest BCUT2D eigenvalue weighted by Gasteiger charge is 2.30. The van der Waals surface area contributed by atoms with E-state index in [4.69, 9.17) is 9.47 Å². The van der Waals surface area contributed by atoms with Crippen LogP contribution in [0.3, 0.4) is 0 Å². The van der Waals surface area contributed by atoms with Gasteiger partial charge in [0.25, 0.3) is 0 Å². The van der Waals surface area contributed by atoms with E-state index in [1.165, 1.54) is 7.05 Å². The first-order chi connectivity index (χ1) is 10.7. The summed E-state index contributed by atoms with van der Waals surface area (Å²) in [5.74, 6) is -0.645. The zero-order valence-electron chi connectivity index (χ0n) is 15.6. The van der Waals surface area contributed by atoms with Gasteiger partial charge in [-0.1, -0.05) is 0 Å². The number of ether oxygens (including phenoxy) is 2. The second-order valence-corrected chi connectivity index (χ2v) is 9.01. The molecule has 0 saturated carbocycles.